The molecule has 2 atom stereocenters. The van der Waals surface area contributed by atoms with Crippen LogP contribution in [0.25, 0.3) is 0 Å². The van der Waals surface area contributed by atoms with Crippen molar-refractivity contribution in [2.45, 2.75) is 52.6 Å². The van der Waals surface area contributed by atoms with E-state index in [4.69, 9.17) is 4.74 Å². The van der Waals surface area contributed by atoms with Crippen LogP contribution in [0.1, 0.15) is 47.0 Å². The normalized spacial score (nSPS) is 22.4. The lowest BCUT2D eigenvalue weighted by atomic mass is 10.1. The molecule has 2 heterocycles. The summed E-state index contributed by atoms with van der Waals surface area (Å²) in [5.74, 6) is 2.03. The van der Waals surface area contributed by atoms with Gasteiger partial charge in [0, 0.05) is 46.8 Å². The van der Waals surface area contributed by atoms with Gasteiger partial charge in [0.15, 0.2) is 5.96 Å². The Labute approximate surface area is 171 Å². The fraction of sp³-hybridized carbons (Fsp3) is 0.905. The van der Waals surface area contributed by atoms with E-state index in [1.807, 2.05) is 27.8 Å². The van der Waals surface area contributed by atoms with Crippen LogP contribution in [0.3, 0.4) is 0 Å². The number of carbonyl (C=O) groups excluding carboxylic acids is 1. The molecule has 0 aromatic heterocycles. The summed E-state index contributed by atoms with van der Waals surface area (Å²) in [5, 5.41) is 3.50. The van der Waals surface area contributed by atoms with E-state index in [1.54, 1.807) is 11.9 Å². The van der Waals surface area contributed by atoms with Crippen molar-refractivity contribution in [1.29, 1.82) is 0 Å². The van der Waals surface area contributed by atoms with Crippen LogP contribution in [-0.2, 0) is 4.74 Å². The molecule has 2 unspecified atom stereocenters. The summed E-state index contributed by atoms with van der Waals surface area (Å²) in [5.41, 5.74) is -0.462. The molecule has 7 nitrogen and oxygen atoms in total. The number of nitrogens with zero attached hydrogens (tertiary/aromatic N) is 4. The van der Waals surface area contributed by atoms with Crippen molar-refractivity contribution in [2.24, 2.45) is 16.8 Å². The maximum atomic E-state index is 12.1. The Morgan fingerprint density at radius 2 is 1.96 bits per heavy atom. The first-order valence-corrected chi connectivity index (χ1v) is 10.8. The number of ether oxygens (including phenoxy) is 1. The Hall–Kier alpha value is -1.50. The van der Waals surface area contributed by atoms with Gasteiger partial charge in [0.1, 0.15) is 5.60 Å². The van der Waals surface area contributed by atoms with Crippen LogP contribution in [0.15, 0.2) is 4.99 Å². The van der Waals surface area contributed by atoms with Crippen molar-refractivity contribution < 1.29 is 9.53 Å². The van der Waals surface area contributed by atoms with Crippen LogP contribution in [0.5, 0.6) is 0 Å². The molecule has 0 radical (unpaired) electrons. The summed E-state index contributed by atoms with van der Waals surface area (Å²) in [6.07, 6.45) is 3.69. The van der Waals surface area contributed by atoms with Crippen LogP contribution in [0, 0.1) is 11.8 Å². The van der Waals surface area contributed by atoms with Gasteiger partial charge in [-0.2, -0.15) is 0 Å². The number of hydrogen-bond donors (Lipinski definition) is 1. The molecule has 0 aromatic rings. The highest BCUT2D eigenvalue weighted by Crippen LogP contribution is 2.20. The molecule has 2 aliphatic heterocycles. The van der Waals surface area contributed by atoms with Gasteiger partial charge in [0.25, 0.3) is 0 Å². The SMILES string of the molecule is CN=C(NCC(C)CN(C)C(=O)OC(C)(C)C)N1CCC(CN2CCCC2)C1. The van der Waals surface area contributed by atoms with E-state index in [-0.39, 0.29) is 6.09 Å². The van der Waals surface area contributed by atoms with E-state index in [0.29, 0.717) is 12.5 Å². The van der Waals surface area contributed by atoms with Crippen molar-refractivity contribution in [3.05, 3.63) is 0 Å². The average Bonchev–Trinajstić information content (AvgIpc) is 3.26. The highest BCUT2D eigenvalue weighted by atomic mass is 16.6. The van der Waals surface area contributed by atoms with E-state index >= 15 is 0 Å². The van der Waals surface area contributed by atoms with Crippen LogP contribution >= 0.6 is 0 Å². The molecule has 0 saturated carbocycles. The maximum Gasteiger partial charge on any atom is 0.410 e. The first kappa shape index (κ1) is 22.8. The molecule has 0 aromatic carbocycles. The third-order valence-corrected chi connectivity index (χ3v) is 5.41. The van der Waals surface area contributed by atoms with Crippen molar-refractivity contribution in [1.82, 2.24) is 20.0 Å². The minimum absolute atomic E-state index is 0.270. The van der Waals surface area contributed by atoms with E-state index in [9.17, 15) is 4.79 Å². The van der Waals surface area contributed by atoms with Crippen molar-refractivity contribution in [2.75, 3.05) is 59.9 Å². The standard InChI is InChI=1S/C21H41N5O2/c1-17(14-24(6)20(27)28-21(2,3)4)13-23-19(22-5)26-12-9-18(16-26)15-25-10-7-8-11-25/h17-18H,7-16H2,1-6H3,(H,22,23). The zero-order valence-electron chi connectivity index (χ0n) is 18.8. The molecule has 1 N–H and O–H groups in total. The van der Waals surface area contributed by atoms with Crippen LogP contribution in [0.4, 0.5) is 4.79 Å². The molecule has 0 spiro atoms. The maximum absolute atomic E-state index is 12.1. The minimum Gasteiger partial charge on any atom is -0.444 e. The lowest BCUT2D eigenvalue weighted by Crippen LogP contribution is -2.44. The fourth-order valence-corrected chi connectivity index (χ4v) is 4.05. The largest absolute Gasteiger partial charge is 0.444 e. The minimum atomic E-state index is -0.462. The Morgan fingerprint density at radius 1 is 1.29 bits per heavy atom. The van der Waals surface area contributed by atoms with Crippen LogP contribution in [0.2, 0.25) is 0 Å². The molecule has 0 aliphatic carbocycles. The van der Waals surface area contributed by atoms with Gasteiger partial charge in [-0.25, -0.2) is 4.79 Å². The third-order valence-electron chi connectivity index (χ3n) is 5.41. The Bertz CT molecular complexity index is 525. The highest BCUT2D eigenvalue weighted by molar-refractivity contribution is 5.80. The van der Waals surface area contributed by atoms with Gasteiger partial charge < -0.3 is 24.8 Å². The molecule has 2 fully saturated rings. The van der Waals surface area contributed by atoms with Crippen molar-refractivity contribution in [3.8, 4) is 0 Å². The molecular weight excluding hydrogens is 354 g/mol. The second-order valence-electron chi connectivity index (χ2n) is 9.50. The van der Waals surface area contributed by atoms with Gasteiger partial charge in [-0.3, -0.25) is 4.99 Å². The molecule has 0 bridgehead atoms. The van der Waals surface area contributed by atoms with Gasteiger partial charge in [-0.1, -0.05) is 6.92 Å². The molecule has 162 valence electrons. The molecule has 28 heavy (non-hydrogen) atoms. The van der Waals surface area contributed by atoms with E-state index in [2.05, 4.69) is 27.0 Å². The Kier molecular flexibility index (Phi) is 8.40. The monoisotopic (exact) mass is 395 g/mol. The van der Waals surface area contributed by atoms with Gasteiger partial charge in [0.2, 0.25) is 0 Å². The summed E-state index contributed by atoms with van der Waals surface area (Å²) in [4.78, 5) is 23.3. The topological polar surface area (TPSA) is 60.4 Å². The molecule has 7 heteroatoms. The van der Waals surface area contributed by atoms with Gasteiger partial charge in [-0.05, 0) is 65.0 Å². The summed E-state index contributed by atoms with van der Waals surface area (Å²) in [7, 11) is 3.65. The van der Waals surface area contributed by atoms with Gasteiger partial charge >= 0.3 is 6.09 Å². The Morgan fingerprint density at radius 3 is 2.57 bits per heavy atom. The summed E-state index contributed by atoms with van der Waals surface area (Å²) < 4.78 is 5.43. The molecule has 1 amide bonds. The first-order chi connectivity index (χ1) is 13.2. The summed E-state index contributed by atoms with van der Waals surface area (Å²) in [6.45, 7) is 15.2. The summed E-state index contributed by atoms with van der Waals surface area (Å²) >= 11 is 0. The molecule has 2 rings (SSSR count). The zero-order valence-corrected chi connectivity index (χ0v) is 18.8. The Balaban J connectivity index is 1.72. The number of nitrogens with one attached hydrogen (secondary N) is 1. The molecular formula is C21H41N5O2. The van der Waals surface area contributed by atoms with E-state index < -0.39 is 5.60 Å². The quantitative estimate of drug-likeness (QED) is 0.553. The number of rotatable bonds is 6. The lowest BCUT2D eigenvalue weighted by molar-refractivity contribution is 0.0278. The van der Waals surface area contributed by atoms with E-state index in [1.165, 1.54) is 38.9 Å². The lowest BCUT2D eigenvalue weighted by Gasteiger charge is -2.28. The van der Waals surface area contributed by atoms with Crippen molar-refractivity contribution in [3.63, 3.8) is 0 Å². The average molecular weight is 396 g/mol. The second-order valence-corrected chi connectivity index (χ2v) is 9.50. The number of amides is 1. The number of carbonyl (C=O) groups is 1. The van der Waals surface area contributed by atoms with E-state index in [0.717, 1.165) is 31.5 Å². The predicted molar refractivity (Wildman–Crippen MR) is 115 cm³/mol. The first-order valence-electron chi connectivity index (χ1n) is 10.8. The number of guanidine groups is 1. The fourth-order valence-electron chi connectivity index (χ4n) is 4.05. The predicted octanol–water partition coefficient (Wildman–Crippen LogP) is 2.48. The van der Waals surface area contributed by atoms with Crippen molar-refractivity contribution >= 4 is 12.1 Å². The van der Waals surface area contributed by atoms with Crippen LogP contribution < -0.4 is 5.32 Å². The smallest absolute Gasteiger partial charge is 0.410 e. The number of aliphatic imine (C=N–C) groups is 1. The second kappa shape index (κ2) is 10.3. The van der Waals surface area contributed by atoms with Gasteiger partial charge in [0.05, 0.1) is 0 Å². The molecule has 2 aliphatic rings. The van der Waals surface area contributed by atoms with Crippen LogP contribution in [-0.4, -0.2) is 92.3 Å². The molecule has 2 saturated heterocycles. The third kappa shape index (κ3) is 7.49. The highest BCUT2D eigenvalue weighted by Gasteiger charge is 2.27. The number of hydrogen-bond acceptors (Lipinski definition) is 4. The van der Waals surface area contributed by atoms with Gasteiger partial charge in [-0.15, -0.1) is 0 Å². The number of likely N-dealkylation sites (tertiary alicyclic amines) is 2. The zero-order chi connectivity index (χ0) is 20.7. The summed E-state index contributed by atoms with van der Waals surface area (Å²) in [6, 6.07) is 0.